The van der Waals surface area contributed by atoms with Gasteiger partial charge >= 0.3 is 0 Å². The highest BCUT2D eigenvalue weighted by Gasteiger charge is 2.23. The number of aromatic nitrogens is 1. The second-order valence-electron chi connectivity index (χ2n) is 5.61. The van der Waals surface area contributed by atoms with Gasteiger partial charge in [0.25, 0.3) is 11.8 Å². The highest BCUT2D eigenvalue weighted by Crippen LogP contribution is 2.26. The Bertz CT molecular complexity index is 705. The van der Waals surface area contributed by atoms with Crippen molar-refractivity contribution in [2.45, 2.75) is 32.2 Å². The summed E-state index contributed by atoms with van der Waals surface area (Å²) in [6.07, 6.45) is 4.65. The largest absolute Gasteiger partial charge is 0.351 e. The van der Waals surface area contributed by atoms with Crippen molar-refractivity contribution in [3.8, 4) is 10.6 Å². The van der Waals surface area contributed by atoms with Gasteiger partial charge in [-0.15, -0.1) is 11.3 Å². The molecule has 2 amide bonds. The molecule has 1 aromatic heterocycles. The van der Waals surface area contributed by atoms with Crippen LogP contribution in [0, 0.1) is 0 Å². The number of nitrogens with zero attached hydrogens (tertiary/aromatic N) is 1. The zero-order valence-electron chi connectivity index (χ0n) is 13.0. The van der Waals surface area contributed by atoms with E-state index in [9.17, 15) is 9.59 Å². The van der Waals surface area contributed by atoms with Crippen molar-refractivity contribution in [2.75, 3.05) is 6.54 Å². The molecule has 1 aliphatic carbocycles. The van der Waals surface area contributed by atoms with Crippen molar-refractivity contribution in [1.29, 1.82) is 0 Å². The molecule has 2 N–H and O–H groups in total. The monoisotopic (exact) mass is 329 g/mol. The smallest absolute Gasteiger partial charge is 0.263 e. The van der Waals surface area contributed by atoms with Crippen LogP contribution in [0.15, 0.2) is 30.5 Å². The topological polar surface area (TPSA) is 71.1 Å². The van der Waals surface area contributed by atoms with E-state index in [4.69, 9.17) is 0 Å². The van der Waals surface area contributed by atoms with Gasteiger partial charge < -0.3 is 10.6 Å². The number of carbonyl (C=O) groups is 2. The second kappa shape index (κ2) is 6.91. The molecule has 1 saturated carbocycles. The molecular formula is C17H19N3O2S. The van der Waals surface area contributed by atoms with Gasteiger partial charge in [-0.25, -0.2) is 4.98 Å². The Morgan fingerprint density at radius 1 is 1.22 bits per heavy atom. The standard InChI is InChI=1S/C17H19N3O2S/c1-2-9-18-16(22)14-10-19-17(23-14)12-5-3-11(4-6-12)15(21)20-13-7-8-13/h3-6,10,13H,2,7-9H2,1H3,(H,18,22)(H,20,21). The first-order chi connectivity index (χ1) is 11.2. The lowest BCUT2D eigenvalue weighted by molar-refractivity contribution is 0.0945. The fourth-order valence-electron chi connectivity index (χ4n) is 2.10. The number of hydrogen-bond acceptors (Lipinski definition) is 4. The fraction of sp³-hybridized carbons (Fsp3) is 0.353. The molecule has 1 aliphatic rings. The van der Waals surface area contributed by atoms with E-state index in [-0.39, 0.29) is 11.8 Å². The number of amides is 2. The van der Waals surface area contributed by atoms with E-state index < -0.39 is 0 Å². The number of benzene rings is 1. The van der Waals surface area contributed by atoms with Crippen LogP contribution < -0.4 is 10.6 Å². The van der Waals surface area contributed by atoms with Crippen molar-refractivity contribution in [2.24, 2.45) is 0 Å². The van der Waals surface area contributed by atoms with E-state index >= 15 is 0 Å². The van der Waals surface area contributed by atoms with E-state index in [1.165, 1.54) is 11.3 Å². The molecule has 6 heteroatoms. The summed E-state index contributed by atoms with van der Waals surface area (Å²) >= 11 is 1.36. The predicted molar refractivity (Wildman–Crippen MR) is 90.7 cm³/mol. The van der Waals surface area contributed by atoms with Crippen LogP contribution in [0.1, 0.15) is 46.2 Å². The molecule has 23 heavy (non-hydrogen) atoms. The highest BCUT2D eigenvalue weighted by atomic mass is 32.1. The molecule has 3 rings (SSSR count). The molecule has 2 aromatic rings. The summed E-state index contributed by atoms with van der Waals surface area (Å²) in [6.45, 7) is 2.68. The molecular weight excluding hydrogens is 310 g/mol. The summed E-state index contributed by atoms with van der Waals surface area (Å²) in [4.78, 5) is 28.8. The summed E-state index contributed by atoms with van der Waals surface area (Å²) in [5, 5.41) is 6.58. The third-order valence-electron chi connectivity index (χ3n) is 3.57. The van der Waals surface area contributed by atoms with Gasteiger partial charge in [0.1, 0.15) is 9.88 Å². The van der Waals surface area contributed by atoms with Gasteiger partial charge in [-0.2, -0.15) is 0 Å². The van der Waals surface area contributed by atoms with Gasteiger partial charge in [0.15, 0.2) is 0 Å². The Morgan fingerprint density at radius 3 is 2.61 bits per heavy atom. The minimum absolute atomic E-state index is 0.0298. The minimum Gasteiger partial charge on any atom is -0.351 e. The van der Waals surface area contributed by atoms with Crippen molar-refractivity contribution in [3.63, 3.8) is 0 Å². The van der Waals surface area contributed by atoms with Crippen molar-refractivity contribution in [3.05, 3.63) is 40.9 Å². The quantitative estimate of drug-likeness (QED) is 0.856. The number of nitrogens with one attached hydrogen (secondary N) is 2. The van der Waals surface area contributed by atoms with E-state index in [1.54, 1.807) is 18.3 Å². The molecule has 1 heterocycles. The SMILES string of the molecule is CCCNC(=O)c1cnc(-c2ccc(C(=O)NC3CC3)cc2)s1. The molecule has 5 nitrogen and oxygen atoms in total. The van der Waals surface area contributed by atoms with Crippen LogP contribution in [0.5, 0.6) is 0 Å². The fourth-order valence-corrected chi connectivity index (χ4v) is 2.94. The van der Waals surface area contributed by atoms with Crippen molar-refractivity contribution in [1.82, 2.24) is 15.6 Å². The molecule has 0 bridgehead atoms. The third kappa shape index (κ3) is 3.96. The minimum atomic E-state index is -0.0870. The van der Waals surface area contributed by atoms with E-state index in [0.29, 0.717) is 23.0 Å². The maximum Gasteiger partial charge on any atom is 0.263 e. The van der Waals surface area contributed by atoms with Crippen LogP contribution in [0.4, 0.5) is 0 Å². The average molecular weight is 329 g/mol. The lowest BCUT2D eigenvalue weighted by Gasteiger charge is -2.03. The number of thiazole rings is 1. The normalized spacial score (nSPS) is 13.6. The summed E-state index contributed by atoms with van der Waals surface area (Å²) in [5.74, 6) is -0.117. The predicted octanol–water partition coefficient (Wildman–Crippen LogP) is 2.84. The van der Waals surface area contributed by atoms with Crippen LogP contribution in [-0.2, 0) is 0 Å². The number of carbonyl (C=O) groups excluding carboxylic acids is 2. The first-order valence-corrected chi connectivity index (χ1v) is 8.64. The molecule has 1 fully saturated rings. The maximum absolute atomic E-state index is 12.0. The molecule has 0 atom stereocenters. The zero-order valence-corrected chi connectivity index (χ0v) is 13.8. The lowest BCUT2D eigenvalue weighted by Crippen LogP contribution is -2.25. The van der Waals surface area contributed by atoms with Crippen LogP contribution in [0.3, 0.4) is 0 Å². The highest BCUT2D eigenvalue weighted by molar-refractivity contribution is 7.16. The summed E-state index contributed by atoms with van der Waals surface area (Å²) in [6, 6.07) is 7.68. The molecule has 0 saturated heterocycles. The lowest BCUT2D eigenvalue weighted by atomic mass is 10.1. The van der Waals surface area contributed by atoms with E-state index in [2.05, 4.69) is 15.6 Å². The molecule has 120 valence electrons. The van der Waals surface area contributed by atoms with Crippen LogP contribution in [0.2, 0.25) is 0 Å². The van der Waals surface area contributed by atoms with Gasteiger partial charge in [-0.05, 0) is 31.4 Å². The number of rotatable bonds is 6. The molecule has 0 aliphatic heterocycles. The Balaban J connectivity index is 1.68. The van der Waals surface area contributed by atoms with Gasteiger partial charge in [0, 0.05) is 23.7 Å². The summed E-state index contributed by atoms with van der Waals surface area (Å²) < 4.78 is 0. The Kier molecular flexibility index (Phi) is 4.71. The molecule has 0 unspecified atom stereocenters. The molecule has 1 aromatic carbocycles. The Morgan fingerprint density at radius 2 is 1.96 bits per heavy atom. The average Bonchev–Trinajstić information content (AvgIpc) is 3.24. The first-order valence-electron chi connectivity index (χ1n) is 7.82. The molecule has 0 radical (unpaired) electrons. The third-order valence-corrected chi connectivity index (χ3v) is 4.62. The van der Waals surface area contributed by atoms with Crippen LogP contribution in [0.25, 0.3) is 10.6 Å². The second-order valence-corrected chi connectivity index (χ2v) is 6.64. The first kappa shape index (κ1) is 15.7. The van der Waals surface area contributed by atoms with Crippen molar-refractivity contribution < 1.29 is 9.59 Å². The summed E-state index contributed by atoms with van der Waals surface area (Å²) in [5.41, 5.74) is 1.56. The van der Waals surface area contributed by atoms with Gasteiger partial charge in [-0.3, -0.25) is 9.59 Å². The van der Waals surface area contributed by atoms with Gasteiger partial charge in [0.2, 0.25) is 0 Å². The van der Waals surface area contributed by atoms with Crippen molar-refractivity contribution >= 4 is 23.2 Å². The van der Waals surface area contributed by atoms with Crippen LogP contribution in [-0.4, -0.2) is 29.4 Å². The summed E-state index contributed by atoms with van der Waals surface area (Å²) in [7, 11) is 0. The zero-order chi connectivity index (χ0) is 16.2. The van der Waals surface area contributed by atoms with Gasteiger partial charge in [0.05, 0.1) is 6.20 Å². The molecule has 0 spiro atoms. The Labute approximate surface area is 139 Å². The van der Waals surface area contributed by atoms with E-state index in [1.807, 2.05) is 19.1 Å². The number of hydrogen-bond donors (Lipinski definition) is 2. The van der Waals surface area contributed by atoms with Gasteiger partial charge in [-0.1, -0.05) is 19.1 Å². The maximum atomic E-state index is 12.0. The van der Waals surface area contributed by atoms with Crippen LogP contribution >= 0.6 is 11.3 Å². The Hall–Kier alpha value is -2.21. The van der Waals surface area contributed by atoms with E-state index in [0.717, 1.165) is 29.8 Å².